The summed E-state index contributed by atoms with van der Waals surface area (Å²) in [6.07, 6.45) is 5.34. The van der Waals surface area contributed by atoms with E-state index in [1.54, 1.807) is 4.90 Å². The lowest BCUT2D eigenvalue weighted by molar-refractivity contribution is 0.110. The van der Waals surface area contributed by atoms with Crippen LogP contribution in [-0.2, 0) is 4.74 Å². The molecule has 24 heavy (non-hydrogen) atoms. The van der Waals surface area contributed by atoms with Crippen LogP contribution in [0.25, 0.3) is 0 Å². The molecule has 1 saturated heterocycles. The first-order chi connectivity index (χ1) is 11.7. The third kappa shape index (κ3) is 4.63. The minimum absolute atomic E-state index is 0.00420. The summed E-state index contributed by atoms with van der Waals surface area (Å²) in [6, 6.07) is 9.95. The van der Waals surface area contributed by atoms with Crippen LogP contribution in [0.1, 0.15) is 32.1 Å². The SMILES string of the molecule is CN(C[C@@H]1CCOC1)C(=O)N[C@@H]1CCCC[C@H]1Oc1ccccc1. The number of carbonyl (C=O) groups excluding carboxylic acids is 1. The Balaban J connectivity index is 1.53. The maximum absolute atomic E-state index is 12.5. The number of nitrogens with zero attached hydrogens (tertiary/aromatic N) is 1. The molecule has 2 aliphatic rings. The molecule has 3 atom stereocenters. The van der Waals surface area contributed by atoms with Gasteiger partial charge in [0.1, 0.15) is 11.9 Å². The zero-order valence-corrected chi connectivity index (χ0v) is 14.4. The van der Waals surface area contributed by atoms with Crippen LogP contribution in [0.15, 0.2) is 30.3 Å². The van der Waals surface area contributed by atoms with Gasteiger partial charge in [0.05, 0.1) is 12.6 Å². The smallest absolute Gasteiger partial charge is 0.317 e. The van der Waals surface area contributed by atoms with E-state index in [-0.39, 0.29) is 18.2 Å². The lowest BCUT2D eigenvalue weighted by Gasteiger charge is -2.34. The molecule has 3 rings (SSSR count). The minimum Gasteiger partial charge on any atom is -0.488 e. The largest absolute Gasteiger partial charge is 0.488 e. The van der Waals surface area contributed by atoms with Gasteiger partial charge in [0.2, 0.25) is 0 Å². The van der Waals surface area contributed by atoms with Gasteiger partial charge < -0.3 is 19.7 Å². The highest BCUT2D eigenvalue weighted by Gasteiger charge is 2.29. The summed E-state index contributed by atoms with van der Waals surface area (Å²) < 4.78 is 11.5. The lowest BCUT2D eigenvalue weighted by atomic mass is 9.92. The Morgan fingerprint density at radius 1 is 1.25 bits per heavy atom. The third-order valence-corrected chi connectivity index (χ3v) is 4.94. The predicted molar refractivity (Wildman–Crippen MR) is 93.2 cm³/mol. The normalized spacial score (nSPS) is 26.8. The third-order valence-electron chi connectivity index (χ3n) is 4.94. The zero-order chi connectivity index (χ0) is 16.8. The molecular formula is C19H28N2O3. The number of urea groups is 1. The Morgan fingerprint density at radius 2 is 2.04 bits per heavy atom. The van der Waals surface area contributed by atoms with Gasteiger partial charge in [-0.05, 0) is 37.8 Å². The van der Waals surface area contributed by atoms with Crippen LogP contribution in [0.5, 0.6) is 5.75 Å². The van der Waals surface area contributed by atoms with E-state index in [1.165, 1.54) is 0 Å². The Labute approximate surface area is 144 Å². The maximum Gasteiger partial charge on any atom is 0.317 e. The van der Waals surface area contributed by atoms with E-state index in [1.807, 2.05) is 37.4 Å². The van der Waals surface area contributed by atoms with Gasteiger partial charge in [-0.15, -0.1) is 0 Å². The average molecular weight is 332 g/mol. The van der Waals surface area contributed by atoms with Crippen molar-refractivity contribution in [2.24, 2.45) is 5.92 Å². The molecule has 0 aromatic heterocycles. The number of amides is 2. The number of hydrogen-bond donors (Lipinski definition) is 1. The molecule has 1 aromatic rings. The molecule has 0 spiro atoms. The van der Waals surface area contributed by atoms with Crippen molar-refractivity contribution in [1.82, 2.24) is 10.2 Å². The van der Waals surface area contributed by atoms with E-state index in [4.69, 9.17) is 9.47 Å². The van der Waals surface area contributed by atoms with Crippen LogP contribution >= 0.6 is 0 Å². The highest BCUT2D eigenvalue weighted by atomic mass is 16.5. The van der Waals surface area contributed by atoms with Crippen LogP contribution in [0.2, 0.25) is 0 Å². The molecule has 1 aromatic carbocycles. The first kappa shape index (κ1) is 17.1. The zero-order valence-electron chi connectivity index (χ0n) is 14.4. The Hall–Kier alpha value is -1.75. The van der Waals surface area contributed by atoms with E-state index in [0.717, 1.165) is 57.6 Å². The molecule has 1 heterocycles. The molecule has 0 bridgehead atoms. The fourth-order valence-corrected chi connectivity index (χ4v) is 3.54. The number of ether oxygens (including phenoxy) is 2. The van der Waals surface area contributed by atoms with Crippen molar-refractivity contribution in [3.8, 4) is 5.75 Å². The molecule has 1 aliphatic heterocycles. The van der Waals surface area contributed by atoms with Crippen molar-refractivity contribution in [2.75, 3.05) is 26.8 Å². The Bertz CT molecular complexity index is 517. The average Bonchev–Trinajstić information content (AvgIpc) is 3.10. The van der Waals surface area contributed by atoms with Gasteiger partial charge in [-0.2, -0.15) is 0 Å². The first-order valence-electron chi connectivity index (χ1n) is 9.03. The minimum atomic E-state index is -0.00420. The molecule has 0 unspecified atom stereocenters. The molecule has 132 valence electrons. The van der Waals surface area contributed by atoms with E-state index in [2.05, 4.69) is 5.32 Å². The monoisotopic (exact) mass is 332 g/mol. The number of benzene rings is 1. The van der Waals surface area contributed by atoms with Gasteiger partial charge in [0, 0.05) is 26.1 Å². The number of nitrogens with one attached hydrogen (secondary N) is 1. The summed E-state index contributed by atoms with van der Waals surface area (Å²) in [7, 11) is 1.86. The maximum atomic E-state index is 12.5. The highest BCUT2D eigenvalue weighted by molar-refractivity contribution is 5.74. The lowest BCUT2D eigenvalue weighted by Crippen LogP contribution is -2.51. The van der Waals surface area contributed by atoms with E-state index < -0.39 is 0 Å². The molecule has 1 saturated carbocycles. The van der Waals surface area contributed by atoms with Crippen molar-refractivity contribution in [2.45, 2.75) is 44.2 Å². The molecule has 2 fully saturated rings. The summed E-state index contributed by atoms with van der Waals surface area (Å²) in [6.45, 7) is 2.33. The number of rotatable bonds is 5. The van der Waals surface area contributed by atoms with Gasteiger partial charge in [-0.1, -0.05) is 24.6 Å². The Kier molecular flexibility index (Phi) is 5.96. The van der Waals surface area contributed by atoms with Gasteiger partial charge in [-0.3, -0.25) is 0 Å². The van der Waals surface area contributed by atoms with Crippen molar-refractivity contribution in [3.63, 3.8) is 0 Å². The van der Waals surface area contributed by atoms with E-state index in [0.29, 0.717) is 5.92 Å². The van der Waals surface area contributed by atoms with Crippen LogP contribution < -0.4 is 10.1 Å². The summed E-state index contributed by atoms with van der Waals surface area (Å²) in [5.74, 6) is 1.34. The topological polar surface area (TPSA) is 50.8 Å². The van der Waals surface area contributed by atoms with Crippen molar-refractivity contribution >= 4 is 6.03 Å². The van der Waals surface area contributed by atoms with Gasteiger partial charge in [0.25, 0.3) is 0 Å². The van der Waals surface area contributed by atoms with Gasteiger partial charge in [-0.25, -0.2) is 4.79 Å². The molecule has 0 radical (unpaired) electrons. The van der Waals surface area contributed by atoms with Crippen LogP contribution in [0.4, 0.5) is 4.79 Å². The Morgan fingerprint density at radius 3 is 2.79 bits per heavy atom. The fourth-order valence-electron chi connectivity index (χ4n) is 3.54. The summed E-state index contributed by atoms with van der Waals surface area (Å²) in [5, 5.41) is 3.18. The predicted octanol–water partition coefficient (Wildman–Crippen LogP) is 3.05. The van der Waals surface area contributed by atoms with E-state index in [9.17, 15) is 4.79 Å². The standard InChI is InChI=1S/C19H28N2O3/c1-21(13-15-11-12-23-14-15)19(22)20-17-9-5-6-10-18(17)24-16-7-3-2-4-8-16/h2-4,7-8,15,17-18H,5-6,9-14H2,1H3,(H,20,22)/t15-,17+,18+/m0/s1. The second kappa shape index (κ2) is 8.38. The number of hydrogen-bond acceptors (Lipinski definition) is 3. The molecular weight excluding hydrogens is 304 g/mol. The van der Waals surface area contributed by atoms with Crippen LogP contribution in [-0.4, -0.2) is 49.9 Å². The van der Waals surface area contributed by atoms with E-state index >= 15 is 0 Å². The quantitative estimate of drug-likeness (QED) is 0.901. The highest BCUT2D eigenvalue weighted by Crippen LogP contribution is 2.24. The number of carbonyl (C=O) groups is 1. The summed E-state index contributed by atoms with van der Waals surface area (Å²) in [5.41, 5.74) is 0. The van der Waals surface area contributed by atoms with Gasteiger partial charge in [0.15, 0.2) is 0 Å². The number of para-hydroxylation sites is 1. The molecule has 2 amide bonds. The second-order valence-electron chi connectivity index (χ2n) is 6.92. The molecule has 1 N–H and O–H groups in total. The van der Waals surface area contributed by atoms with Crippen molar-refractivity contribution in [3.05, 3.63) is 30.3 Å². The van der Waals surface area contributed by atoms with Crippen LogP contribution in [0.3, 0.4) is 0 Å². The van der Waals surface area contributed by atoms with Crippen molar-refractivity contribution in [1.29, 1.82) is 0 Å². The molecule has 5 nitrogen and oxygen atoms in total. The first-order valence-corrected chi connectivity index (χ1v) is 9.03. The second-order valence-corrected chi connectivity index (χ2v) is 6.92. The van der Waals surface area contributed by atoms with Gasteiger partial charge >= 0.3 is 6.03 Å². The van der Waals surface area contributed by atoms with Crippen molar-refractivity contribution < 1.29 is 14.3 Å². The summed E-state index contributed by atoms with van der Waals surface area (Å²) >= 11 is 0. The summed E-state index contributed by atoms with van der Waals surface area (Å²) in [4.78, 5) is 14.3. The molecule has 5 heteroatoms. The van der Waals surface area contributed by atoms with Crippen LogP contribution in [0, 0.1) is 5.92 Å². The fraction of sp³-hybridized carbons (Fsp3) is 0.632. The molecule has 1 aliphatic carbocycles.